The summed E-state index contributed by atoms with van der Waals surface area (Å²) in [5.74, 6) is -3.61. The summed E-state index contributed by atoms with van der Waals surface area (Å²) in [6.45, 7) is 1.77. The topological polar surface area (TPSA) is 63.4 Å². The van der Waals surface area contributed by atoms with E-state index in [0.717, 1.165) is 17.0 Å². The summed E-state index contributed by atoms with van der Waals surface area (Å²) < 4.78 is 26.4. The van der Waals surface area contributed by atoms with Gasteiger partial charge in [0.1, 0.15) is 0 Å². The highest BCUT2D eigenvalue weighted by Gasteiger charge is 2.40. The van der Waals surface area contributed by atoms with Gasteiger partial charge in [-0.3, -0.25) is 14.5 Å². The molecular formula is C13H12F2N2O2S. The van der Waals surface area contributed by atoms with Gasteiger partial charge in [-0.05, 0) is 18.6 Å². The monoisotopic (exact) mass is 298 g/mol. The first-order valence-corrected chi connectivity index (χ1v) is 6.42. The lowest BCUT2D eigenvalue weighted by atomic mass is 10.1. The second-order valence-electron chi connectivity index (χ2n) is 4.52. The van der Waals surface area contributed by atoms with Gasteiger partial charge >= 0.3 is 0 Å². The average molecular weight is 298 g/mol. The standard InChI is InChI=1S/C13H12F2N2O2S/c1-2-6(3-11(16)20)17-12(18)7-4-9(14)10(15)5-8(7)13(17)19/h4-6H,2-3H2,1H3,(H2,16,20). The van der Waals surface area contributed by atoms with Gasteiger partial charge in [0.2, 0.25) is 0 Å². The highest BCUT2D eigenvalue weighted by Crippen LogP contribution is 2.28. The molecule has 0 radical (unpaired) electrons. The van der Waals surface area contributed by atoms with Crippen LogP contribution in [-0.2, 0) is 0 Å². The van der Waals surface area contributed by atoms with Crippen molar-refractivity contribution in [2.24, 2.45) is 5.73 Å². The van der Waals surface area contributed by atoms with Crippen molar-refractivity contribution >= 4 is 29.0 Å². The normalized spacial score (nSPS) is 15.4. The Bertz CT molecular complexity index is 578. The van der Waals surface area contributed by atoms with Gasteiger partial charge in [-0.1, -0.05) is 19.1 Å². The van der Waals surface area contributed by atoms with Gasteiger partial charge in [0, 0.05) is 12.5 Å². The Kier molecular flexibility index (Phi) is 3.80. The summed E-state index contributed by atoms with van der Waals surface area (Å²) in [6.07, 6.45) is 0.635. The lowest BCUT2D eigenvalue weighted by Gasteiger charge is -2.24. The van der Waals surface area contributed by atoms with Crippen LogP contribution in [0.3, 0.4) is 0 Å². The lowest BCUT2D eigenvalue weighted by Crippen LogP contribution is -2.41. The molecule has 0 aliphatic carbocycles. The number of fused-ring (bicyclic) bond motifs is 1. The molecule has 0 spiro atoms. The van der Waals surface area contributed by atoms with Crippen molar-refractivity contribution in [3.8, 4) is 0 Å². The van der Waals surface area contributed by atoms with Crippen LogP contribution in [0.15, 0.2) is 12.1 Å². The molecule has 1 heterocycles. The van der Waals surface area contributed by atoms with Crippen molar-refractivity contribution in [1.82, 2.24) is 4.90 Å². The number of hydrogen-bond acceptors (Lipinski definition) is 3. The predicted molar refractivity (Wildman–Crippen MR) is 72.3 cm³/mol. The van der Waals surface area contributed by atoms with E-state index in [1.165, 1.54) is 0 Å². The first-order chi connectivity index (χ1) is 9.36. The number of hydrogen-bond donors (Lipinski definition) is 1. The average Bonchev–Trinajstić information content (AvgIpc) is 2.60. The zero-order chi connectivity index (χ0) is 15.0. The second-order valence-corrected chi connectivity index (χ2v) is 5.05. The highest BCUT2D eigenvalue weighted by atomic mass is 32.1. The maximum absolute atomic E-state index is 13.2. The Morgan fingerprint density at radius 1 is 1.25 bits per heavy atom. The summed E-state index contributed by atoms with van der Waals surface area (Å²) in [6, 6.07) is 0.988. The zero-order valence-corrected chi connectivity index (χ0v) is 11.5. The zero-order valence-electron chi connectivity index (χ0n) is 10.7. The summed E-state index contributed by atoms with van der Waals surface area (Å²) in [7, 11) is 0. The third-order valence-corrected chi connectivity index (χ3v) is 3.40. The van der Waals surface area contributed by atoms with E-state index >= 15 is 0 Å². The van der Waals surface area contributed by atoms with Crippen molar-refractivity contribution in [3.63, 3.8) is 0 Å². The van der Waals surface area contributed by atoms with Crippen LogP contribution < -0.4 is 5.73 Å². The van der Waals surface area contributed by atoms with Crippen molar-refractivity contribution in [3.05, 3.63) is 34.9 Å². The predicted octanol–water partition coefficient (Wildman–Crippen LogP) is 2.02. The molecule has 20 heavy (non-hydrogen) atoms. The number of amides is 2. The molecule has 1 unspecified atom stereocenters. The largest absolute Gasteiger partial charge is 0.393 e. The molecule has 0 aromatic heterocycles. The van der Waals surface area contributed by atoms with Crippen LogP contribution in [0.4, 0.5) is 8.78 Å². The molecule has 1 aromatic rings. The van der Waals surface area contributed by atoms with Crippen LogP contribution in [0.25, 0.3) is 0 Å². The van der Waals surface area contributed by atoms with Crippen LogP contribution >= 0.6 is 12.2 Å². The number of nitrogens with two attached hydrogens (primary N) is 1. The SMILES string of the molecule is CCC(CC(N)=S)N1C(=O)c2cc(F)c(F)cc2C1=O. The molecule has 4 nitrogen and oxygen atoms in total. The Balaban J connectivity index is 2.43. The molecule has 1 aromatic carbocycles. The van der Waals surface area contributed by atoms with E-state index in [0.29, 0.717) is 6.42 Å². The van der Waals surface area contributed by atoms with Crippen LogP contribution in [-0.4, -0.2) is 27.7 Å². The quantitative estimate of drug-likeness (QED) is 0.682. The van der Waals surface area contributed by atoms with Crippen LogP contribution in [0, 0.1) is 11.6 Å². The van der Waals surface area contributed by atoms with Crippen LogP contribution in [0.1, 0.15) is 40.5 Å². The lowest BCUT2D eigenvalue weighted by molar-refractivity contribution is 0.0585. The molecule has 0 fully saturated rings. The molecule has 106 valence electrons. The maximum Gasteiger partial charge on any atom is 0.261 e. The van der Waals surface area contributed by atoms with Crippen molar-refractivity contribution < 1.29 is 18.4 Å². The number of rotatable bonds is 4. The molecular weight excluding hydrogens is 286 g/mol. The van der Waals surface area contributed by atoms with E-state index in [9.17, 15) is 18.4 Å². The summed E-state index contributed by atoms with van der Waals surface area (Å²) >= 11 is 4.79. The van der Waals surface area contributed by atoms with E-state index in [2.05, 4.69) is 0 Å². The molecule has 2 rings (SSSR count). The number of carbonyl (C=O) groups excluding carboxylic acids is 2. The molecule has 2 amide bonds. The van der Waals surface area contributed by atoms with Gasteiger partial charge in [0.15, 0.2) is 11.6 Å². The number of imide groups is 1. The molecule has 0 saturated heterocycles. The van der Waals surface area contributed by atoms with Gasteiger partial charge < -0.3 is 5.73 Å². The third kappa shape index (κ3) is 2.29. The number of thiocarbonyl (C=S) groups is 1. The summed E-state index contributed by atoms with van der Waals surface area (Å²) in [5.41, 5.74) is 5.18. The highest BCUT2D eigenvalue weighted by molar-refractivity contribution is 7.80. The number of carbonyl (C=O) groups is 2. The van der Waals surface area contributed by atoms with E-state index in [-0.39, 0.29) is 22.5 Å². The van der Waals surface area contributed by atoms with Gasteiger partial charge in [-0.15, -0.1) is 0 Å². The fourth-order valence-corrected chi connectivity index (χ4v) is 2.43. The van der Waals surface area contributed by atoms with Gasteiger partial charge in [-0.2, -0.15) is 0 Å². The minimum atomic E-state index is -1.16. The fraction of sp³-hybridized carbons (Fsp3) is 0.308. The molecule has 2 N–H and O–H groups in total. The number of benzene rings is 1. The summed E-state index contributed by atoms with van der Waals surface area (Å²) in [4.78, 5) is 25.5. The molecule has 7 heteroatoms. The second kappa shape index (κ2) is 5.24. The summed E-state index contributed by atoms with van der Waals surface area (Å²) in [5, 5.41) is 0. The van der Waals surface area contributed by atoms with Crippen LogP contribution in [0.5, 0.6) is 0 Å². The molecule has 1 aliphatic heterocycles. The third-order valence-electron chi connectivity index (χ3n) is 3.23. The van der Waals surface area contributed by atoms with Crippen LogP contribution in [0.2, 0.25) is 0 Å². The van der Waals surface area contributed by atoms with Crippen molar-refractivity contribution in [2.75, 3.05) is 0 Å². The molecule has 0 saturated carbocycles. The van der Waals surface area contributed by atoms with E-state index in [1.807, 2.05) is 0 Å². The molecule has 1 atom stereocenters. The molecule has 1 aliphatic rings. The minimum Gasteiger partial charge on any atom is -0.393 e. The Labute approximate surface area is 119 Å². The van der Waals surface area contributed by atoms with Gasteiger partial charge in [-0.25, -0.2) is 8.78 Å². The van der Waals surface area contributed by atoms with Gasteiger partial charge in [0.25, 0.3) is 11.8 Å². The Morgan fingerprint density at radius 3 is 2.05 bits per heavy atom. The van der Waals surface area contributed by atoms with E-state index in [4.69, 9.17) is 18.0 Å². The molecule has 0 bridgehead atoms. The van der Waals surface area contributed by atoms with Gasteiger partial charge in [0.05, 0.1) is 16.1 Å². The minimum absolute atomic E-state index is 0.129. The van der Waals surface area contributed by atoms with Crippen molar-refractivity contribution in [2.45, 2.75) is 25.8 Å². The number of nitrogens with zero attached hydrogens (tertiary/aromatic N) is 1. The number of halogens is 2. The Morgan fingerprint density at radius 2 is 1.70 bits per heavy atom. The Hall–Kier alpha value is -1.89. The first-order valence-electron chi connectivity index (χ1n) is 6.02. The maximum atomic E-state index is 13.2. The smallest absolute Gasteiger partial charge is 0.261 e. The first kappa shape index (κ1) is 14.5. The van der Waals surface area contributed by atoms with E-state index in [1.54, 1.807) is 6.92 Å². The van der Waals surface area contributed by atoms with Crippen molar-refractivity contribution in [1.29, 1.82) is 0 Å². The fourth-order valence-electron chi connectivity index (χ4n) is 2.23. The van der Waals surface area contributed by atoms with E-state index < -0.39 is 29.5 Å².